The van der Waals surface area contributed by atoms with Crippen LogP contribution < -0.4 is 0 Å². The van der Waals surface area contributed by atoms with E-state index in [1.165, 1.54) is 10.8 Å². The Hall–Kier alpha value is -7.08. The molecule has 0 unspecified atom stereocenters. The Balaban J connectivity index is 1.21. The van der Waals surface area contributed by atoms with Crippen molar-refractivity contribution in [3.05, 3.63) is 157 Å². The first-order valence-corrected chi connectivity index (χ1v) is 16.1. The maximum atomic E-state index is 10.3. The Morgan fingerprint density at radius 1 is 0.429 bits per heavy atom. The van der Waals surface area contributed by atoms with Gasteiger partial charge in [0.1, 0.15) is 11.7 Å². The van der Waals surface area contributed by atoms with Crippen LogP contribution in [0.2, 0.25) is 0 Å². The Labute approximate surface area is 280 Å². The van der Waals surface area contributed by atoms with Crippen LogP contribution in [0.25, 0.3) is 88.1 Å². The maximum Gasteiger partial charge on any atom is 0.153 e. The van der Waals surface area contributed by atoms with Gasteiger partial charge in [-0.05, 0) is 77.9 Å². The highest BCUT2D eigenvalue weighted by molar-refractivity contribution is 6.24. The van der Waals surface area contributed by atoms with E-state index < -0.39 is 0 Å². The van der Waals surface area contributed by atoms with Crippen molar-refractivity contribution in [2.45, 2.75) is 0 Å². The van der Waals surface area contributed by atoms with Crippen LogP contribution in [0.4, 0.5) is 0 Å². The Kier molecular flexibility index (Phi) is 5.64. The van der Waals surface area contributed by atoms with E-state index in [0.717, 1.165) is 71.7 Å². The third-order valence-corrected chi connectivity index (χ3v) is 9.74. The molecule has 3 heterocycles. The van der Waals surface area contributed by atoms with Gasteiger partial charge in [-0.15, -0.1) is 0 Å². The molecule has 0 atom stereocenters. The molecule has 0 N–H and O–H groups in total. The SMILES string of the molecule is N#Cc1cc(-c2cccc(-n3c4ccccc4c4ccccc43)c2)cc(-n2c3ccccc3c3c4oc5c(C#N)cccc5c4ccc32)c1. The van der Waals surface area contributed by atoms with E-state index in [4.69, 9.17) is 4.42 Å². The first-order valence-electron chi connectivity index (χ1n) is 16.1. The van der Waals surface area contributed by atoms with E-state index in [9.17, 15) is 10.5 Å². The third kappa shape index (κ3) is 3.85. The summed E-state index contributed by atoms with van der Waals surface area (Å²) in [6, 6.07) is 54.5. The molecule has 0 bridgehead atoms. The molecular formula is C44H24N4O. The van der Waals surface area contributed by atoms with Crippen LogP contribution in [0.15, 0.2) is 150 Å². The normalized spacial score (nSPS) is 11.6. The van der Waals surface area contributed by atoms with Crippen molar-refractivity contribution in [2.75, 3.05) is 0 Å². The zero-order chi connectivity index (χ0) is 32.6. The van der Waals surface area contributed by atoms with Crippen molar-refractivity contribution < 1.29 is 4.42 Å². The van der Waals surface area contributed by atoms with E-state index in [1.54, 1.807) is 6.07 Å². The van der Waals surface area contributed by atoms with Crippen LogP contribution in [0, 0.1) is 22.7 Å². The van der Waals surface area contributed by atoms with Crippen molar-refractivity contribution in [1.29, 1.82) is 10.5 Å². The third-order valence-electron chi connectivity index (χ3n) is 9.74. The summed E-state index contributed by atoms with van der Waals surface area (Å²) in [7, 11) is 0. The van der Waals surface area contributed by atoms with Gasteiger partial charge in [0.05, 0.1) is 44.6 Å². The van der Waals surface area contributed by atoms with Crippen LogP contribution in [-0.4, -0.2) is 9.13 Å². The lowest BCUT2D eigenvalue weighted by molar-refractivity contribution is 0.671. The topological polar surface area (TPSA) is 70.6 Å². The maximum absolute atomic E-state index is 10.3. The minimum Gasteiger partial charge on any atom is -0.454 e. The summed E-state index contributed by atoms with van der Waals surface area (Å²) in [6.07, 6.45) is 0. The Morgan fingerprint density at radius 3 is 1.78 bits per heavy atom. The fraction of sp³-hybridized carbons (Fsp3) is 0. The molecule has 49 heavy (non-hydrogen) atoms. The minimum atomic E-state index is 0.514. The molecule has 226 valence electrons. The van der Waals surface area contributed by atoms with Crippen molar-refractivity contribution in [3.63, 3.8) is 0 Å². The average Bonchev–Trinajstić information content (AvgIpc) is 3.82. The van der Waals surface area contributed by atoms with Gasteiger partial charge in [-0.25, -0.2) is 0 Å². The molecule has 0 fully saturated rings. The van der Waals surface area contributed by atoms with Gasteiger partial charge in [0.15, 0.2) is 5.58 Å². The molecule has 3 aromatic heterocycles. The van der Waals surface area contributed by atoms with Gasteiger partial charge >= 0.3 is 0 Å². The molecule has 0 aliphatic rings. The molecule has 7 aromatic carbocycles. The van der Waals surface area contributed by atoms with Crippen LogP contribution in [0.1, 0.15) is 11.1 Å². The summed E-state index contributed by atoms with van der Waals surface area (Å²) >= 11 is 0. The zero-order valence-electron chi connectivity index (χ0n) is 26.1. The van der Waals surface area contributed by atoms with Gasteiger partial charge < -0.3 is 13.6 Å². The molecule has 0 spiro atoms. The first-order chi connectivity index (χ1) is 24.2. The second kappa shape index (κ2) is 10.2. The molecule has 10 aromatic rings. The fourth-order valence-corrected chi connectivity index (χ4v) is 7.67. The first kappa shape index (κ1) is 27.1. The number of hydrogen-bond acceptors (Lipinski definition) is 3. The summed E-state index contributed by atoms with van der Waals surface area (Å²) in [5.74, 6) is 0. The van der Waals surface area contributed by atoms with Gasteiger partial charge in [0.25, 0.3) is 0 Å². The summed E-state index contributed by atoms with van der Waals surface area (Å²) < 4.78 is 11.0. The lowest BCUT2D eigenvalue weighted by atomic mass is 10.0. The highest BCUT2D eigenvalue weighted by Gasteiger charge is 2.20. The number of rotatable bonds is 3. The number of benzene rings is 7. The van der Waals surface area contributed by atoms with Crippen LogP contribution in [0.3, 0.4) is 0 Å². The zero-order valence-corrected chi connectivity index (χ0v) is 26.1. The molecule has 0 radical (unpaired) electrons. The van der Waals surface area contributed by atoms with Gasteiger partial charge in [-0.2, -0.15) is 10.5 Å². The second-order valence-electron chi connectivity index (χ2n) is 12.4. The standard InChI is InChI=1S/C44H24N4O/c45-25-27-21-30(28-9-7-11-31(23-28)47-38-16-4-1-12-33(38)34-13-2-5-17-39(34)47)24-32(22-27)48-40-18-6-3-14-37(40)42-41(48)20-19-36-35-15-8-10-29(26-46)43(35)49-44(36)42/h1-24H. The summed E-state index contributed by atoms with van der Waals surface area (Å²) in [6.45, 7) is 0. The molecule has 0 saturated heterocycles. The largest absolute Gasteiger partial charge is 0.454 e. The van der Waals surface area contributed by atoms with E-state index in [1.807, 2.05) is 36.4 Å². The summed E-state index contributed by atoms with van der Waals surface area (Å²) in [5.41, 5.74) is 10.6. The lowest BCUT2D eigenvalue weighted by Crippen LogP contribution is -1.97. The lowest BCUT2D eigenvalue weighted by Gasteiger charge is -2.13. The number of fused-ring (bicyclic) bond motifs is 10. The van der Waals surface area contributed by atoms with Crippen LogP contribution in [-0.2, 0) is 0 Å². The monoisotopic (exact) mass is 624 g/mol. The van der Waals surface area contributed by atoms with Gasteiger partial charge in [-0.3, -0.25) is 0 Å². The van der Waals surface area contributed by atoms with Crippen LogP contribution in [0.5, 0.6) is 0 Å². The predicted molar refractivity (Wildman–Crippen MR) is 197 cm³/mol. The van der Waals surface area contributed by atoms with Gasteiger partial charge in [0.2, 0.25) is 0 Å². The number of nitriles is 2. The van der Waals surface area contributed by atoms with Crippen molar-refractivity contribution in [2.24, 2.45) is 0 Å². The number of furan rings is 1. The summed E-state index contributed by atoms with van der Waals surface area (Å²) in [5, 5.41) is 26.4. The number of para-hydroxylation sites is 4. The molecule has 5 heteroatoms. The van der Waals surface area contributed by atoms with Crippen molar-refractivity contribution >= 4 is 65.6 Å². The average molecular weight is 625 g/mol. The van der Waals surface area contributed by atoms with Crippen molar-refractivity contribution in [1.82, 2.24) is 9.13 Å². The van der Waals surface area contributed by atoms with E-state index in [-0.39, 0.29) is 0 Å². The van der Waals surface area contributed by atoms with E-state index in [2.05, 4.69) is 124 Å². The molecule has 0 aliphatic heterocycles. The van der Waals surface area contributed by atoms with E-state index in [0.29, 0.717) is 16.7 Å². The number of hydrogen-bond donors (Lipinski definition) is 0. The number of aromatic nitrogens is 2. The van der Waals surface area contributed by atoms with Crippen molar-refractivity contribution in [3.8, 4) is 34.6 Å². The highest BCUT2D eigenvalue weighted by atomic mass is 16.3. The Morgan fingerprint density at radius 2 is 1.04 bits per heavy atom. The molecule has 10 rings (SSSR count). The summed E-state index contributed by atoms with van der Waals surface area (Å²) in [4.78, 5) is 0. The molecule has 0 saturated carbocycles. The van der Waals surface area contributed by atoms with Gasteiger partial charge in [-0.1, -0.05) is 78.9 Å². The fourth-order valence-electron chi connectivity index (χ4n) is 7.67. The molecule has 0 aliphatic carbocycles. The predicted octanol–water partition coefficient (Wildman–Crippen LogP) is 11.2. The molecular weight excluding hydrogens is 601 g/mol. The molecule has 5 nitrogen and oxygen atoms in total. The van der Waals surface area contributed by atoms with Gasteiger partial charge in [0, 0.05) is 38.3 Å². The second-order valence-corrected chi connectivity index (χ2v) is 12.4. The quantitative estimate of drug-likeness (QED) is 0.196. The number of nitrogens with zero attached hydrogens (tertiary/aromatic N) is 4. The Bertz CT molecular complexity index is 3030. The highest BCUT2D eigenvalue weighted by Crippen LogP contribution is 2.42. The van der Waals surface area contributed by atoms with E-state index >= 15 is 0 Å². The smallest absolute Gasteiger partial charge is 0.153 e. The van der Waals surface area contributed by atoms with Crippen LogP contribution >= 0.6 is 0 Å². The molecule has 0 amide bonds. The minimum absolute atomic E-state index is 0.514.